The number of esters is 1. The molecule has 2 atom stereocenters. The van der Waals surface area contributed by atoms with E-state index in [9.17, 15) is 14.4 Å². The first-order valence-corrected chi connectivity index (χ1v) is 11.9. The average molecular weight is 473 g/mol. The molecule has 3 heterocycles. The Kier molecular flexibility index (Phi) is 5.76. The summed E-state index contributed by atoms with van der Waals surface area (Å²) in [5.74, 6) is 3.95. The number of rotatable bonds is 4. The normalized spacial score (nSPS) is 21.8. The summed E-state index contributed by atoms with van der Waals surface area (Å²) in [4.78, 5) is 40.2. The van der Waals surface area contributed by atoms with Crippen LogP contribution in [0.3, 0.4) is 0 Å². The highest BCUT2D eigenvalue weighted by molar-refractivity contribution is 5.93. The predicted molar refractivity (Wildman–Crippen MR) is 130 cm³/mol. The van der Waals surface area contributed by atoms with E-state index in [4.69, 9.17) is 9.47 Å². The number of fused-ring (bicyclic) bond motifs is 3. The summed E-state index contributed by atoms with van der Waals surface area (Å²) in [6.45, 7) is 7.82. The molecular formula is C28H28N2O5. The summed E-state index contributed by atoms with van der Waals surface area (Å²) in [7, 11) is 0. The number of hydrogen-bond acceptors (Lipinski definition) is 7. The van der Waals surface area contributed by atoms with Crippen molar-refractivity contribution >= 4 is 23.5 Å². The van der Waals surface area contributed by atoms with Gasteiger partial charge in [-0.15, -0.1) is 0 Å². The van der Waals surface area contributed by atoms with Gasteiger partial charge < -0.3 is 19.3 Å². The van der Waals surface area contributed by atoms with Crippen molar-refractivity contribution in [2.45, 2.75) is 51.3 Å². The lowest BCUT2D eigenvalue weighted by atomic mass is 9.76. The van der Waals surface area contributed by atoms with E-state index in [0.717, 1.165) is 17.5 Å². The van der Waals surface area contributed by atoms with Gasteiger partial charge in [-0.2, -0.15) is 0 Å². The molecule has 0 aliphatic carbocycles. The molecule has 7 nitrogen and oxygen atoms in total. The van der Waals surface area contributed by atoms with Crippen LogP contribution in [0.4, 0.5) is 0 Å². The van der Waals surface area contributed by atoms with Gasteiger partial charge in [-0.3, -0.25) is 0 Å². The zero-order chi connectivity index (χ0) is 24.7. The first-order valence-electron chi connectivity index (χ1n) is 11.9. The first-order chi connectivity index (χ1) is 16.9. The van der Waals surface area contributed by atoms with Crippen molar-refractivity contribution in [1.29, 1.82) is 0 Å². The Bertz CT molecular complexity index is 1290. The Morgan fingerprint density at radius 3 is 2.63 bits per heavy atom. The Hall–Kier alpha value is -3.79. The first kappa shape index (κ1) is 23.0. The van der Waals surface area contributed by atoms with Crippen molar-refractivity contribution in [1.82, 2.24) is 9.80 Å². The summed E-state index contributed by atoms with van der Waals surface area (Å²) in [5.41, 5.74) is 4.64. The fraction of sp³-hybridized carbons (Fsp3) is 0.393. The largest absolute Gasteiger partial charge is 0.464 e. The molecule has 5 rings (SSSR count). The van der Waals surface area contributed by atoms with E-state index in [1.807, 2.05) is 33.9 Å². The van der Waals surface area contributed by atoms with E-state index in [1.54, 1.807) is 19.1 Å². The molecule has 0 spiro atoms. The molecule has 2 aromatic carbocycles. The summed E-state index contributed by atoms with van der Waals surface area (Å²) in [6, 6.07) is 13.5. The quantitative estimate of drug-likeness (QED) is 0.500. The second kappa shape index (κ2) is 8.77. The molecular weight excluding hydrogens is 444 g/mol. The Morgan fingerprint density at radius 2 is 1.91 bits per heavy atom. The van der Waals surface area contributed by atoms with Crippen LogP contribution in [0.15, 0.2) is 48.3 Å². The lowest BCUT2D eigenvalue weighted by Gasteiger charge is -2.42. The van der Waals surface area contributed by atoms with Crippen molar-refractivity contribution in [2.24, 2.45) is 0 Å². The molecule has 7 heteroatoms. The van der Waals surface area contributed by atoms with Crippen molar-refractivity contribution in [3.05, 3.63) is 76.2 Å². The monoisotopic (exact) mass is 472 g/mol. The maximum Gasteiger partial charge on any atom is 0.338 e. The van der Waals surface area contributed by atoms with Crippen molar-refractivity contribution in [2.75, 3.05) is 19.7 Å². The van der Waals surface area contributed by atoms with Gasteiger partial charge in [-0.05, 0) is 42.2 Å². The van der Waals surface area contributed by atoms with Crippen LogP contribution in [0.5, 0.6) is 0 Å². The summed E-state index contributed by atoms with van der Waals surface area (Å²) < 4.78 is 11.2. The minimum absolute atomic E-state index is 0.0232. The fourth-order valence-corrected chi connectivity index (χ4v) is 5.59. The summed E-state index contributed by atoms with van der Waals surface area (Å²) in [6.07, 6.45) is 0.447. The maximum atomic E-state index is 12.3. The van der Waals surface area contributed by atoms with Crippen molar-refractivity contribution in [3.8, 4) is 0 Å². The minimum atomic E-state index is -0.379. The Balaban J connectivity index is 1.45. The molecule has 0 aromatic heterocycles. The summed E-state index contributed by atoms with van der Waals surface area (Å²) in [5, 5.41) is 0. The average Bonchev–Trinajstić information content (AvgIpc) is 3.18. The number of nitrogens with zero attached hydrogens (tertiary/aromatic N) is 2. The van der Waals surface area contributed by atoms with Crippen LogP contribution in [0.1, 0.15) is 53.4 Å². The van der Waals surface area contributed by atoms with Crippen molar-refractivity contribution in [3.63, 3.8) is 0 Å². The molecule has 0 radical (unpaired) electrons. The molecule has 0 unspecified atom stereocenters. The van der Waals surface area contributed by atoms with Gasteiger partial charge in [0.05, 0.1) is 24.8 Å². The van der Waals surface area contributed by atoms with Gasteiger partial charge >= 0.3 is 5.97 Å². The number of hydrogen-bond donors (Lipinski definition) is 0. The van der Waals surface area contributed by atoms with Gasteiger partial charge in [0, 0.05) is 24.1 Å². The topological polar surface area (TPSA) is 76.2 Å². The van der Waals surface area contributed by atoms with Gasteiger partial charge in [0.2, 0.25) is 0 Å². The van der Waals surface area contributed by atoms with Crippen LogP contribution in [0.2, 0.25) is 0 Å². The smallest absolute Gasteiger partial charge is 0.338 e. The highest BCUT2D eigenvalue weighted by Gasteiger charge is 2.45. The highest BCUT2D eigenvalue weighted by Crippen LogP contribution is 2.41. The third-order valence-corrected chi connectivity index (χ3v) is 7.24. The molecule has 3 aliphatic rings. The molecule has 0 saturated carbocycles. The van der Waals surface area contributed by atoms with Crippen LogP contribution in [-0.4, -0.2) is 59.5 Å². The molecule has 0 amide bonds. The van der Waals surface area contributed by atoms with Gasteiger partial charge in [0.1, 0.15) is 11.8 Å². The van der Waals surface area contributed by atoms with E-state index >= 15 is 0 Å². The number of benzene rings is 2. The van der Waals surface area contributed by atoms with Gasteiger partial charge in [-0.25, -0.2) is 14.4 Å². The molecule has 1 saturated heterocycles. The zero-order valence-corrected chi connectivity index (χ0v) is 20.2. The highest BCUT2D eigenvalue weighted by atomic mass is 16.5. The number of carbonyl (C=O) groups is 1. The molecule has 0 bridgehead atoms. The Labute approximate surface area is 204 Å². The zero-order valence-electron chi connectivity index (χ0n) is 20.2. The van der Waals surface area contributed by atoms with Gasteiger partial charge in [0.15, 0.2) is 11.9 Å². The van der Waals surface area contributed by atoms with Gasteiger partial charge in [-0.1, -0.05) is 44.2 Å². The second-order valence-corrected chi connectivity index (χ2v) is 9.93. The van der Waals surface area contributed by atoms with E-state index in [2.05, 4.69) is 31.9 Å². The van der Waals surface area contributed by atoms with Crippen LogP contribution >= 0.6 is 0 Å². The predicted octanol–water partition coefficient (Wildman–Crippen LogP) is 3.13. The number of carbonyl (C=O) groups excluding carboxylic acids is 3. The molecule has 3 aliphatic heterocycles. The lowest BCUT2D eigenvalue weighted by Crippen LogP contribution is -2.48. The van der Waals surface area contributed by atoms with Gasteiger partial charge in [0.25, 0.3) is 5.88 Å². The van der Waals surface area contributed by atoms with Crippen molar-refractivity contribution < 1.29 is 23.9 Å². The van der Waals surface area contributed by atoms with Crippen LogP contribution in [0, 0.1) is 0 Å². The minimum Gasteiger partial charge on any atom is -0.464 e. The van der Waals surface area contributed by atoms with Crippen LogP contribution in [-0.2, 0) is 37.4 Å². The number of ether oxygens (including phenoxy) is 2. The Morgan fingerprint density at radius 1 is 1.14 bits per heavy atom. The van der Waals surface area contributed by atoms with E-state index in [-0.39, 0.29) is 29.4 Å². The maximum absolute atomic E-state index is 12.3. The fourth-order valence-electron chi connectivity index (χ4n) is 5.59. The lowest BCUT2D eigenvalue weighted by molar-refractivity contribution is 0.0526. The third-order valence-electron chi connectivity index (χ3n) is 7.24. The molecule has 35 heavy (non-hydrogen) atoms. The van der Waals surface area contributed by atoms with E-state index in [0.29, 0.717) is 37.5 Å². The van der Waals surface area contributed by atoms with Crippen LogP contribution in [0.25, 0.3) is 5.70 Å². The van der Waals surface area contributed by atoms with E-state index < -0.39 is 0 Å². The SMILES string of the molecule is CCOC(=O)c1ccc2c(c1)C(C)(C)CN(C[C@H]1OC(=C=O)N3Cc4ccccc4C[C@@H]13)C2=C=O. The van der Waals surface area contributed by atoms with Crippen LogP contribution < -0.4 is 0 Å². The van der Waals surface area contributed by atoms with E-state index in [1.165, 1.54) is 11.1 Å². The summed E-state index contributed by atoms with van der Waals surface area (Å²) >= 11 is 0. The standard InChI is InChI=1S/C28H28N2O5/c1-4-34-27(33)19-9-10-21-22(11-19)28(2,3)17-29(24(21)15-31)14-25-23-12-18-7-5-6-8-20(18)13-30(23)26(16-32)35-25/h5-11,23,25H,4,12-14,17H2,1-3H3/t23-,25+/m0/s1. The molecule has 0 N–H and O–H groups in total. The molecule has 1 fully saturated rings. The molecule has 2 aromatic rings. The second-order valence-electron chi connectivity index (χ2n) is 9.93. The molecule has 180 valence electrons. The third kappa shape index (κ3) is 3.93.